The molecular weight excluding hydrogens is 268 g/mol. The van der Waals surface area contributed by atoms with Crippen LogP contribution in [0.4, 0.5) is 0 Å². The van der Waals surface area contributed by atoms with Crippen LogP contribution in [0.3, 0.4) is 0 Å². The molecule has 2 saturated heterocycles. The van der Waals surface area contributed by atoms with Crippen LogP contribution in [0.15, 0.2) is 10.8 Å². The van der Waals surface area contributed by atoms with Crippen molar-refractivity contribution in [1.29, 1.82) is 0 Å². The van der Waals surface area contributed by atoms with E-state index in [1.165, 1.54) is 6.42 Å². The number of rotatable bonds is 1. The summed E-state index contributed by atoms with van der Waals surface area (Å²) in [7, 11) is 0. The number of thiophene rings is 1. The molecule has 5 heteroatoms. The predicted octanol–water partition coefficient (Wildman–Crippen LogP) is 2.44. The molecule has 0 aliphatic carbocycles. The second-order valence-electron chi connectivity index (χ2n) is 5.06. The van der Waals surface area contributed by atoms with Crippen LogP contribution >= 0.6 is 23.7 Å². The molecular formula is C13H19ClN2OS. The average Bonchev–Trinajstić information content (AvgIpc) is 2.81. The smallest absolute Gasteiger partial charge is 0.255 e. The van der Waals surface area contributed by atoms with Crippen LogP contribution in [0.1, 0.15) is 35.2 Å². The lowest BCUT2D eigenvalue weighted by molar-refractivity contribution is 0.0680. The maximum absolute atomic E-state index is 12.6. The Labute approximate surface area is 118 Å². The van der Waals surface area contributed by atoms with Gasteiger partial charge in [-0.3, -0.25) is 4.79 Å². The van der Waals surface area contributed by atoms with Gasteiger partial charge in [-0.1, -0.05) is 0 Å². The summed E-state index contributed by atoms with van der Waals surface area (Å²) in [4.78, 5) is 14.7. The second kappa shape index (κ2) is 5.59. The van der Waals surface area contributed by atoms with Gasteiger partial charge in [0.2, 0.25) is 0 Å². The predicted molar refractivity (Wildman–Crippen MR) is 76.8 cm³/mol. The largest absolute Gasteiger partial charge is 0.331 e. The van der Waals surface area contributed by atoms with Crippen LogP contribution in [0.5, 0.6) is 0 Å². The average molecular weight is 287 g/mol. The standard InChI is InChI=1S/C13H18N2OS.ClH/c1-9-7-17-8-12(9)13(16)15-10-2-3-11(15)6-14-5-4-10;/h7-8,10-11,14H,2-6H2,1H3;1H. The number of nitrogens with zero attached hydrogens (tertiary/aromatic N) is 1. The Morgan fingerprint density at radius 1 is 1.33 bits per heavy atom. The van der Waals surface area contributed by atoms with Crippen molar-refractivity contribution in [3.63, 3.8) is 0 Å². The third-order valence-electron chi connectivity index (χ3n) is 3.97. The third-order valence-corrected chi connectivity index (χ3v) is 4.84. The zero-order valence-corrected chi connectivity index (χ0v) is 12.1. The highest BCUT2D eigenvalue weighted by molar-refractivity contribution is 7.08. The van der Waals surface area contributed by atoms with Gasteiger partial charge in [-0.25, -0.2) is 0 Å². The molecule has 2 bridgehead atoms. The molecule has 3 heterocycles. The summed E-state index contributed by atoms with van der Waals surface area (Å²) in [5, 5.41) is 7.49. The third kappa shape index (κ3) is 2.29. The van der Waals surface area contributed by atoms with Crippen molar-refractivity contribution in [2.45, 2.75) is 38.3 Å². The monoisotopic (exact) mass is 286 g/mol. The number of amides is 1. The molecule has 0 aromatic carbocycles. The number of carbonyl (C=O) groups excluding carboxylic acids is 1. The van der Waals surface area contributed by atoms with E-state index in [9.17, 15) is 4.79 Å². The highest BCUT2D eigenvalue weighted by atomic mass is 35.5. The van der Waals surface area contributed by atoms with Crippen molar-refractivity contribution in [2.24, 2.45) is 0 Å². The molecule has 2 atom stereocenters. The van der Waals surface area contributed by atoms with Crippen molar-refractivity contribution in [1.82, 2.24) is 10.2 Å². The number of hydrogen-bond donors (Lipinski definition) is 1. The summed E-state index contributed by atoms with van der Waals surface area (Å²) in [6.45, 7) is 4.04. The molecule has 2 aliphatic heterocycles. The Morgan fingerprint density at radius 3 is 2.83 bits per heavy atom. The van der Waals surface area contributed by atoms with Gasteiger partial charge in [-0.15, -0.1) is 12.4 Å². The van der Waals surface area contributed by atoms with E-state index >= 15 is 0 Å². The molecule has 2 unspecified atom stereocenters. The second-order valence-corrected chi connectivity index (χ2v) is 5.80. The summed E-state index contributed by atoms with van der Waals surface area (Å²) in [5.74, 6) is 0.250. The molecule has 3 nitrogen and oxygen atoms in total. The van der Waals surface area contributed by atoms with Crippen LogP contribution in [0, 0.1) is 6.92 Å². The Morgan fingerprint density at radius 2 is 2.11 bits per heavy atom. The molecule has 1 aromatic heterocycles. The number of carbonyl (C=O) groups is 1. The minimum absolute atomic E-state index is 0. The topological polar surface area (TPSA) is 32.3 Å². The van der Waals surface area contributed by atoms with Gasteiger partial charge in [0.1, 0.15) is 0 Å². The maximum Gasteiger partial charge on any atom is 0.255 e. The van der Waals surface area contributed by atoms with Gasteiger partial charge >= 0.3 is 0 Å². The first-order valence-corrected chi connectivity index (χ1v) is 7.28. The molecule has 18 heavy (non-hydrogen) atoms. The normalized spacial score (nSPS) is 26.6. The van der Waals surface area contributed by atoms with Crippen LogP contribution in [0.2, 0.25) is 0 Å². The highest BCUT2D eigenvalue weighted by Gasteiger charge is 2.38. The number of fused-ring (bicyclic) bond motifs is 2. The first-order valence-electron chi connectivity index (χ1n) is 6.33. The van der Waals surface area contributed by atoms with Gasteiger partial charge in [0.25, 0.3) is 5.91 Å². The molecule has 100 valence electrons. The Bertz CT molecular complexity index is 420. The van der Waals surface area contributed by atoms with Crippen molar-refractivity contribution in [3.8, 4) is 0 Å². The van der Waals surface area contributed by atoms with Gasteiger partial charge in [0, 0.05) is 24.0 Å². The van der Waals surface area contributed by atoms with Gasteiger partial charge in [-0.05, 0) is 43.7 Å². The van der Waals surface area contributed by atoms with E-state index < -0.39 is 0 Å². The molecule has 3 rings (SSSR count). The van der Waals surface area contributed by atoms with E-state index in [2.05, 4.69) is 15.6 Å². The summed E-state index contributed by atoms with van der Waals surface area (Å²) in [6, 6.07) is 0.871. The molecule has 1 N–H and O–H groups in total. The van der Waals surface area contributed by atoms with Gasteiger partial charge in [-0.2, -0.15) is 11.3 Å². The number of hydrogen-bond acceptors (Lipinski definition) is 3. The Balaban J connectivity index is 0.00000120. The fourth-order valence-corrected chi connectivity index (χ4v) is 3.85. The molecule has 0 spiro atoms. The van der Waals surface area contributed by atoms with Crippen LogP contribution < -0.4 is 5.32 Å². The maximum atomic E-state index is 12.6. The first-order chi connectivity index (χ1) is 8.27. The molecule has 1 aromatic rings. The summed E-state index contributed by atoms with van der Waals surface area (Å²) in [6.07, 6.45) is 3.44. The molecule has 1 amide bonds. The van der Waals surface area contributed by atoms with Gasteiger partial charge < -0.3 is 10.2 Å². The first kappa shape index (κ1) is 13.8. The van der Waals surface area contributed by atoms with Crippen molar-refractivity contribution in [3.05, 3.63) is 21.9 Å². The van der Waals surface area contributed by atoms with Crippen molar-refractivity contribution >= 4 is 29.7 Å². The Hall–Kier alpha value is -0.580. The van der Waals surface area contributed by atoms with Crippen molar-refractivity contribution in [2.75, 3.05) is 13.1 Å². The number of nitrogens with one attached hydrogen (secondary N) is 1. The number of aryl methyl sites for hydroxylation is 1. The van der Waals surface area contributed by atoms with Gasteiger partial charge in [0.15, 0.2) is 0 Å². The van der Waals surface area contributed by atoms with E-state index in [0.717, 1.165) is 37.1 Å². The highest BCUT2D eigenvalue weighted by Crippen LogP contribution is 2.30. The number of halogens is 1. The summed E-state index contributed by atoms with van der Waals surface area (Å²) < 4.78 is 0. The molecule has 2 fully saturated rings. The lowest BCUT2D eigenvalue weighted by Crippen LogP contribution is -2.42. The Kier molecular flexibility index (Phi) is 4.30. The van der Waals surface area contributed by atoms with Crippen LogP contribution in [0.25, 0.3) is 0 Å². The van der Waals surface area contributed by atoms with E-state index in [0.29, 0.717) is 12.1 Å². The lowest BCUT2D eigenvalue weighted by Gasteiger charge is -2.27. The van der Waals surface area contributed by atoms with E-state index in [4.69, 9.17) is 0 Å². The summed E-state index contributed by atoms with van der Waals surface area (Å²) >= 11 is 1.62. The lowest BCUT2D eigenvalue weighted by atomic mass is 10.1. The van der Waals surface area contributed by atoms with Crippen LogP contribution in [-0.4, -0.2) is 36.0 Å². The fourth-order valence-electron chi connectivity index (χ4n) is 3.03. The van der Waals surface area contributed by atoms with Gasteiger partial charge in [0.05, 0.1) is 5.56 Å². The quantitative estimate of drug-likeness (QED) is 0.860. The molecule has 2 aliphatic rings. The summed E-state index contributed by atoms with van der Waals surface area (Å²) in [5.41, 5.74) is 2.03. The van der Waals surface area contributed by atoms with E-state index in [-0.39, 0.29) is 18.3 Å². The van der Waals surface area contributed by atoms with Crippen LogP contribution in [-0.2, 0) is 0 Å². The fraction of sp³-hybridized carbons (Fsp3) is 0.615. The molecule has 0 radical (unpaired) electrons. The minimum atomic E-state index is 0. The zero-order chi connectivity index (χ0) is 11.8. The molecule has 0 saturated carbocycles. The van der Waals surface area contributed by atoms with Crippen molar-refractivity contribution < 1.29 is 4.79 Å². The SMILES string of the molecule is Cc1cscc1C(=O)N1C2CCNCC1CC2.Cl. The van der Waals surface area contributed by atoms with E-state index in [1.807, 2.05) is 12.3 Å². The zero-order valence-electron chi connectivity index (χ0n) is 10.5. The van der Waals surface area contributed by atoms with E-state index in [1.54, 1.807) is 11.3 Å². The minimum Gasteiger partial charge on any atom is -0.331 e.